The van der Waals surface area contributed by atoms with E-state index in [9.17, 15) is 9.90 Å². The molecular formula is C13H14Cl2O3. The Labute approximate surface area is 116 Å². The zero-order valence-electron chi connectivity index (χ0n) is 9.95. The molecule has 1 unspecified atom stereocenters. The maximum Gasteiger partial charge on any atom is 0.343 e. The van der Waals surface area contributed by atoms with Crippen LogP contribution in [0, 0.1) is 0 Å². The van der Waals surface area contributed by atoms with Crippen molar-refractivity contribution < 1.29 is 14.6 Å². The zero-order valence-corrected chi connectivity index (χ0v) is 11.5. The Morgan fingerprint density at radius 3 is 2.67 bits per heavy atom. The molecule has 0 aliphatic rings. The van der Waals surface area contributed by atoms with Gasteiger partial charge in [0.25, 0.3) is 0 Å². The molecule has 1 aromatic rings. The number of aliphatic hydroxyl groups is 1. The van der Waals surface area contributed by atoms with Gasteiger partial charge in [-0.15, -0.1) is 6.58 Å². The number of carbonyl (C=O) groups is 1. The number of benzene rings is 1. The quantitative estimate of drug-likeness (QED) is 0.668. The van der Waals surface area contributed by atoms with Crippen LogP contribution in [0.4, 0.5) is 0 Å². The summed E-state index contributed by atoms with van der Waals surface area (Å²) >= 11 is 11.7. The highest BCUT2D eigenvalue weighted by atomic mass is 35.5. The maximum absolute atomic E-state index is 11.9. The van der Waals surface area contributed by atoms with E-state index in [2.05, 4.69) is 6.58 Å². The van der Waals surface area contributed by atoms with E-state index >= 15 is 0 Å². The van der Waals surface area contributed by atoms with Crippen LogP contribution in [0.2, 0.25) is 10.0 Å². The first kappa shape index (κ1) is 15.0. The lowest BCUT2D eigenvalue weighted by Crippen LogP contribution is -2.37. The number of ether oxygens (including phenoxy) is 1. The fraction of sp³-hybridized carbons (Fsp3) is 0.308. The minimum atomic E-state index is -1.79. The van der Waals surface area contributed by atoms with Gasteiger partial charge in [-0.25, -0.2) is 4.79 Å². The Morgan fingerprint density at radius 2 is 2.17 bits per heavy atom. The van der Waals surface area contributed by atoms with Crippen molar-refractivity contribution in [2.45, 2.75) is 18.9 Å². The molecule has 18 heavy (non-hydrogen) atoms. The van der Waals surface area contributed by atoms with Crippen LogP contribution in [0.3, 0.4) is 0 Å². The molecule has 0 aromatic heterocycles. The second-order valence-corrected chi connectivity index (χ2v) is 4.52. The van der Waals surface area contributed by atoms with Crippen molar-refractivity contribution >= 4 is 29.2 Å². The third-order valence-electron chi connectivity index (χ3n) is 2.45. The zero-order chi connectivity index (χ0) is 13.8. The van der Waals surface area contributed by atoms with Crippen molar-refractivity contribution in [3.8, 4) is 0 Å². The van der Waals surface area contributed by atoms with Gasteiger partial charge in [0.2, 0.25) is 0 Å². The Bertz CT molecular complexity index is 460. The first-order valence-electron chi connectivity index (χ1n) is 5.41. The molecule has 1 N–H and O–H groups in total. The summed E-state index contributed by atoms with van der Waals surface area (Å²) < 4.78 is 4.87. The van der Waals surface area contributed by atoms with Crippen molar-refractivity contribution in [3.05, 3.63) is 46.5 Å². The van der Waals surface area contributed by atoms with E-state index in [1.54, 1.807) is 6.92 Å². The van der Waals surface area contributed by atoms with Crippen molar-refractivity contribution in [2.75, 3.05) is 6.61 Å². The lowest BCUT2D eigenvalue weighted by atomic mass is 9.90. The topological polar surface area (TPSA) is 46.5 Å². The first-order valence-corrected chi connectivity index (χ1v) is 6.17. The predicted octanol–water partition coefficient (Wildman–Crippen LogP) is 3.32. The minimum absolute atomic E-state index is 0.0315. The predicted molar refractivity (Wildman–Crippen MR) is 71.8 cm³/mol. The van der Waals surface area contributed by atoms with Gasteiger partial charge < -0.3 is 9.84 Å². The minimum Gasteiger partial charge on any atom is -0.464 e. The molecule has 1 rings (SSSR count). The Morgan fingerprint density at radius 1 is 1.50 bits per heavy atom. The summed E-state index contributed by atoms with van der Waals surface area (Å²) in [7, 11) is 0. The van der Waals surface area contributed by atoms with Gasteiger partial charge in [0.05, 0.1) is 16.7 Å². The highest BCUT2D eigenvalue weighted by Gasteiger charge is 2.38. The average Bonchev–Trinajstić information content (AvgIpc) is 2.33. The van der Waals surface area contributed by atoms with Crippen LogP contribution in [0.25, 0.3) is 0 Å². The molecule has 1 aromatic carbocycles. The summed E-state index contributed by atoms with van der Waals surface area (Å²) in [6.07, 6.45) is 1.48. The number of carbonyl (C=O) groups excluding carboxylic acids is 1. The molecular weight excluding hydrogens is 275 g/mol. The number of rotatable bonds is 5. The van der Waals surface area contributed by atoms with E-state index in [4.69, 9.17) is 27.9 Å². The van der Waals surface area contributed by atoms with Crippen LogP contribution in [-0.2, 0) is 15.1 Å². The second kappa shape index (κ2) is 6.23. The van der Waals surface area contributed by atoms with Gasteiger partial charge >= 0.3 is 5.97 Å². The van der Waals surface area contributed by atoms with Gasteiger partial charge in [-0.05, 0) is 24.6 Å². The van der Waals surface area contributed by atoms with E-state index in [0.717, 1.165) is 0 Å². The number of esters is 1. The molecule has 0 spiro atoms. The van der Waals surface area contributed by atoms with Crippen molar-refractivity contribution in [1.82, 2.24) is 0 Å². The average molecular weight is 289 g/mol. The highest BCUT2D eigenvalue weighted by molar-refractivity contribution is 6.42. The monoisotopic (exact) mass is 288 g/mol. The van der Waals surface area contributed by atoms with Gasteiger partial charge in [-0.3, -0.25) is 0 Å². The molecule has 0 fully saturated rings. The van der Waals surface area contributed by atoms with Gasteiger partial charge in [-0.1, -0.05) is 35.3 Å². The standard InChI is InChI=1S/C13H14Cl2O3/c1-3-7-13(17,12(16)18-4-2)9-5-6-10(14)11(15)8-9/h3,5-6,8,17H,1,4,7H2,2H3. The van der Waals surface area contributed by atoms with Crippen LogP contribution in [-0.4, -0.2) is 17.7 Å². The van der Waals surface area contributed by atoms with Gasteiger partial charge in [0, 0.05) is 6.42 Å². The van der Waals surface area contributed by atoms with E-state index in [-0.39, 0.29) is 18.1 Å². The van der Waals surface area contributed by atoms with Crippen molar-refractivity contribution in [3.63, 3.8) is 0 Å². The SMILES string of the molecule is C=CCC(O)(C(=O)OCC)c1ccc(Cl)c(Cl)c1. The molecule has 0 saturated carbocycles. The smallest absolute Gasteiger partial charge is 0.343 e. The largest absolute Gasteiger partial charge is 0.464 e. The number of halogens is 2. The van der Waals surface area contributed by atoms with Gasteiger partial charge in [0.1, 0.15) is 0 Å². The van der Waals surface area contributed by atoms with E-state index in [1.165, 1.54) is 24.3 Å². The molecule has 0 radical (unpaired) electrons. The molecule has 0 amide bonds. The molecule has 98 valence electrons. The molecule has 1 atom stereocenters. The molecule has 3 nitrogen and oxygen atoms in total. The molecule has 0 aliphatic carbocycles. The molecule has 0 saturated heterocycles. The highest BCUT2D eigenvalue weighted by Crippen LogP contribution is 2.32. The molecule has 0 heterocycles. The van der Waals surface area contributed by atoms with Crippen molar-refractivity contribution in [1.29, 1.82) is 0 Å². The summed E-state index contributed by atoms with van der Waals surface area (Å²) in [6.45, 7) is 5.37. The summed E-state index contributed by atoms with van der Waals surface area (Å²) in [5.74, 6) is -0.733. The second-order valence-electron chi connectivity index (χ2n) is 3.70. The summed E-state index contributed by atoms with van der Waals surface area (Å²) in [5, 5.41) is 11.1. The van der Waals surface area contributed by atoms with Crippen LogP contribution >= 0.6 is 23.2 Å². The summed E-state index contributed by atoms with van der Waals surface area (Å²) in [5.41, 5.74) is -1.46. The van der Waals surface area contributed by atoms with E-state index in [1.807, 2.05) is 0 Å². The Kier molecular flexibility index (Phi) is 5.20. The fourth-order valence-corrected chi connectivity index (χ4v) is 1.83. The van der Waals surface area contributed by atoms with Crippen molar-refractivity contribution in [2.24, 2.45) is 0 Å². The van der Waals surface area contributed by atoms with E-state index in [0.29, 0.717) is 10.6 Å². The normalized spacial score (nSPS) is 13.8. The fourth-order valence-electron chi connectivity index (χ4n) is 1.53. The van der Waals surface area contributed by atoms with Crippen LogP contribution in [0.15, 0.2) is 30.9 Å². The third kappa shape index (κ3) is 3.05. The number of hydrogen-bond acceptors (Lipinski definition) is 3. The Balaban J connectivity index is 3.21. The van der Waals surface area contributed by atoms with Gasteiger partial charge in [-0.2, -0.15) is 0 Å². The van der Waals surface area contributed by atoms with Crippen LogP contribution in [0.5, 0.6) is 0 Å². The lowest BCUT2D eigenvalue weighted by Gasteiger charge is -2.25. The third-order valence-corrected chi connectivity index (χ3v) is 3.19. The maximum atomic E-state index is 11.9. The summed E-state index contributed by atoms with van der Waals surface area (Å²) in [6, 6.07) is 4.51. The van der Waals surface area contributed by atoms with Crippen LogP contribution < -0.4 is 0 Å². The molecule has 0 bridgehead atoms. The molecule has 5 heteroatoms. The first-order chi connectivity index (χ1) is 8.45. The van der Waals surface area contributed by atoms with Gasteiger partial charge in [0.15, 0.2) is 5.60 Å². The summed E-state index contributed by atoms with van der Waals surface area (Å²) in [4.78, 5) is 11.9. The number of hydrogen-bond donors (Lipinski definition) is 1. The van der Waals surface area contributed by atoms with Crippen LogP contribution in [0.1, 0.15) is 18.9 Å². The lowest BCUT2D eigenvalue weighted by molar-refractivity contribution is -0.166. The van der Waals surface area contributed by atoms with E-state index < -0.39 is 11.6 Å². The Hall–Kier alpha value is -1.03. The molecule has 0 aliphatic heterocycles.